The van der Waals surface area contributed by atoms with Crippen molar-refractivity contribution < 1.29 is 28.6 Å². The van der Waals surface area contributed by atoms with Crippen LogP contribution in [0.1, 0.15) is 78.1 Å². The van der Waals surface area contributed by atoms with E-state index in [9.17, 15) is 24.0 Å². The van der Waals surface area contributed by atoms with Crippen LogP contribution < -0.4 is 31.5 Å². The van der Waals surface area contributed by atoms with Crippen LogP contribution in [0.15, 0.2) is 33.9 Å². The van der Waals surface area contributed by atoms with Gasteiger partial charge in [0.2, 0.25) is 0 Å². The summed E-state index contributed by atoms with van der Waals surface area (Å²) in [7, 11) is 0. The number of amides is 2. The van der Waals surface area contributed by atoms with Crippen LogP contribution in [0.5, 0.6) is 5.75 Å². The molecule has 3 N–H and O–H groups in total. The Morgan fingerprint density at radius 1 is 0.872 bits per heavy atom. The second-order valence-electron chi connectivity index (χ2n) is 11.0. The van der Waals surface area contributed by atoms with Gasteiger partial charge in [-0.05, 0) is 92.0 Å². The molecule has 2 aromatic carbocycles. The molecule has 1 atom stereocenters. The maximum Gasteiger partial charge on any atom is 0.407 e. The van der Waals surface area contributed by atoms with Crippen LogP contribution >= 0.6 is 0 Å². The second kappa shape index (κ2) is 13.3. The van der Waals surface area contributed by atoms with Crippen molar-refractivity contribution in [1.82, 2.24) is 10.6 Å². The van der Waals surface area contributed by atoms with Crippen molar-refractivity contribution in [2.45, 2.75) is 85.0 Å². The topological polar surface area (TPSA) is 149 Å². The number of unbranched alkanes of at least 4 members (excludes halogenated alkanes) is 1. The second-order valence-corrected chi connectivity index (χ2v) is 11.0. The van der Waals surface area contributed by atoms with Crippen molar-refractivity contribution in [2.24, 2.45) is 0 Å². The van der Waals surface area contributed by atoms with Gasteiger partial charge in [-0.1, -0.05) is 0 Å². The van der Waals surface area contributed by atoms with Crippen LogP contribution in [0.3, 0.4) is 0 Å². The van der Waals surface area contributed by atoms with Gasteiger partial charge in [-0.15, -0.1) is 0 Å². The van der Waals surface area contributed by atoms with E-state index in [0.29, 0.717) is 31.5 Å². The number of esters is 1. The molecule has 0 fully saturated rings. The van der Waals surface area contributed by atoms with E-state index in [1.807, 2.05) is 0 Å². The predicted molar refractivity (Wildman–Crippen MR) is 147 cm³/mol. The Labute approximate surface area is 228 Å². The van der Waals surface area contributed by atoms with Crippen molar-refractivity contribution in [3.05, 3.63) is 50.3 Å². The zero-order valence-corrected chi connectivity index (χ0v) is 23.7. The van der Waals surface area contributed by atoms with Gasteiger partial charge in [0.05, 0.1) is 6.61 Å². The number of carbonyl (C=O) groups excluding carboxylic acids is 3. The molecule has 0 aromatic heterocycles. The molecular formula is C28H39N3O8. The number of benzene rings is 1. The fourth-order valence-corrected chi connectivity index (χ4v) is 3.46. The lowest BCUT2D eigenvalue weighted by Crippen LogP contribution is -2.44. The minimum absolute atomic E-state index is 0.00850. The summed E-state index contributed by atoms with van der Waals surface area (Å²) in [5.41, 5.74) is -1.82. The van der Waals surface area contributed by atoms with Crippen LogP contribution in [0, 0.1) is 0 Å². The van der Waals surface area contributed by atoms with Crippen molar-refractivity contribution in [2.75, 3.05) is 18.5 Å². The number of carbonyl (C=O) groups is 3. The standard InChI is InChI=1S/C28H39N3O8/c1-8-37-23-20(21(32)22(23)33)30-18-14-12-17(13-15-18)24(34)31-19(25(35)38-27(2,3)4)11-9-10-16-29-26(36)39-28(5,6)7/h12-15,19,30H,8-11,16H2,1-7H3,(H,29,36)(H,31,34)/t19-/m0/s1. The monoisotopic (exact) mass is 545 g/mol. The van der Waals surface area contributed by atoms with Gasteiger partial charge in [-0.3, -0.25) is 14.4 Å². The first kappa shape index (κ1) is 31.3. The van der Waals surface area contributed by atoms with E-state index < -0.39 is 46.1 Å². The molecule has 0 aliphatic rings. The van der Waals surface area contributed by atoms with E-state index in [0.717, 1.165) is 0 Å². The lowest BCUT2D eigenvalue weighted by atomic mass is 10.1. The maximum atomic E-state index is 12.9. The third-order valence-electron chi connectivity index (χ3n) is 5.16. The van der Waals surface area contributed by atoms with Gasteiger partial charge in [-0.2, -0.15) is 0 Å². The minimum Gasteiger partial charge on any atom is -0.488 e. The van der Waals surface area contributed by atoms with E-state index in [1.165, 1.54) is 12.1 Å². The van der Waals surface area contributed by atoms with Gasteiger partial charge in [-0.25, -0.2) is 9.59 Å². The molecule has 2 rings (SSSR count). The average molecular weight is 546 g/mol. The average Bonchev–Trinajstić information content (AvgIpc) is 2.83. The molecule has 0 aliphatic heterocycles. The Kier molecular flexibility index (Phi) is 10.6. The molecule has 0 unspecified atom stereocenters. The van der Waals surface area contributed by atoms with E-state index in [4.69, 9.17) is 14.2 Å². The summed E-state index contributed by atoms with van der Waals surface area (Å²) in [4.78, 5) is 61.0. The molecule has 11 heteroatoms. The third kappa shape index (κ3) is 10.1. The Bertz CT molecular complexity index is 1220. The fraction of sp³-hybridized carbons (Fsp3) is 0.536. The smallest absolute Gasteiger partial charge is 0.407 e. The van der Waals surface area contributed by atoms with Crippen LogP contribution in [-0.4, -0.2) is 48.4 Å². The molecule has 0 bridgehead atoms. The molecule has 39 heavy (non-hydrogen) atoms. The Hall–Kier alpha value is -3.89. The number of hydrogen-bond acceptors (Lipinski definition) is 9. The molecule has 214 valence electrons. The molecule has 2 aromatic rings. The van der Waals surface area contributed by atoms with Gasteiger partial charge >= 0.3 is 12.1 Å². The highest BCUT2D eigenvalue weighted by atomic mass is 16.6. The maximum absolute atomic E-state index is 12.9. The number of alkyl carbamates (subject to hydrolysis) is 1. The van der Waals surface area contributed by atoms with Gasteiger partial charge in [0.15, 0.2) is 5.75 Å². The highest BCUT2D eigenvalue weighted by Crippen LogP contribution is 2.23. The van der Waals surface area contributed by atoms with Gasteiger partial charge < -0.3 is 30.2 Å². The zero-order chi connectivity index (χ0) is 29.4. The summed E-state index contributed by atoms with van der Waals surface area (Å²) >= 11 is 0. The zero-order valence-electron chi connectivity index (χ0n) is 23.7. The highest BCUT2D eigenvalue weighted by molar-refractivity contribution is 5.97. The number of rotatable bonds is 12. The first-order chi connectivity index (χ1) is 18.1. The van der Waals surface area contributed by atoms with Crippen LogP contribution in [0.25, 0.3) is 0 Å². The fourth-order valence-electron chi connectivity index (χ4n) is 3.46. The van der Waals surface area contributed by atoms with Crippen LogP contribution in [0.2, 0.25) is 0 Å². The van der Waals surface area contributed by atoms with E-state index in [1.54, 1.807) is 60.6 Å². The summed E-state index contributed by atoms with van der Waals surface area (Å²) in [6.45, 7) is 12.9. The molecular weight excluding hydrogens is 506 g/mol. The van der Waals surface area contributed by atoms with Crippen LogP contribution in [0.4, 0.5) is 16.2 Å². The van der Waals surface area contributed by atoms with Crippen LogP contribution in [-0.2, 0) is 14.3 Å². The summed E-state index contributed by atoms with van der Waals surface area (Å²) in [6, 6.07) is 5.31. The summed E-state index contributed by atoms with van der Waals surface area (Å²) < 4.78 is 15.9. The van der Waals surface area contributed by atoms with Crippen molar-refractivity contribution in [3.63, 3.8) is 0 Å². The normalized spacial score (nSPS) is 12.4. The molecule has 11 nitrogen and oxygen atoms in total. The Morgan fingerprint density at radius 3 is 2.05 bits per heavy atom. The summed E-state index contributed by atoms with van der Waals surface area (Å²) in [5.74, 6) is -1.04. The summed E-state index contributed by atoms with van der Waals surface area (Å²) in [5, 5.41) is 8.24. The van der Waals surface area contributed by atoms with Crippen molar-refractivity contribution in [3.8, 4) is 5.75 Å². The van der Waals surface area contributed by atoms with E-state index in [2.05, 4.69) is 16.0 Å². The van der Waals surface area contributed by atoms with Gasteiger partial charge in [0, 0.05) is 17.8 Å². The quantitative estimate of drug-likeness (QED) is 0.207. The molecule has 0 saturated carbocycles. The molecule has 2 amide bonds. The Morgan fingerprint density at radius 2 is 1.49 bits per heavy atom. The van der Waals surface area contributed by atoms with E-state index >= 15 is 0 Å². The predicted octanol–water partition coefficient (Wildman–Crippen LogP) is 3.56. The van der Waals surface area contributed by atoms with E-state index in [-0.39, 0.29) is 23.6 Å². The first-order valence-electron chi connectivity index (χ1n) is 12.9. The summed E-state index contributed by atoms with van der Waals surface area (Å²) in [6.07, 6.45) is 0.889. The Balaban J connectivity index is 1.99. The number of ether oxygens (including phenoxy) is 3. The highest BCUT2D eigenvalue weighted by Gasteiger charge is 2.27. The lowest BCUT2D eigenvalue weighted by Gasteiger charge is -2.25. The van der Waals surface area contributed by atoms with Gasteiger partial charge in [0.1, 0.15) is 22.9 Å². The minimum atomic E-state index is -0.895. The molecule has 0 aliphatic carbocycles. The molecule has 0 spiro atoms. The van der Waals surface area contributed by atoms with Crippen molar-refractivity contribution in [1.29, 1.82) is 0 Å². The number of anilines is 2. The van der Waals surface area contributed by atoms with Gasteiger partial charge in [0.25, 0.3) is 16.8 Å². The number of nitrogens with one attached hydrogen (secondary N) is 3. The first-order valence-corrected chi connectivity index (χ1v) is 12.9. The molecule has 0 radical (unpaired) electrons. The molecule has 0 heterocycles. The molecule has 0 saturated heterocycles. The van der Waals surface area contributed by atoms with Crippen molar-refractivity contribution >= 4 is 29.3 Å². The third-order valence-corrected chi connectivity index (χ3v) is 5.16. The largest absolute Gasteiger partial charge is 0.488 e. The lowest BCUT2D eigenvalue weighted by molar-refractivity contribution is -0.157. The SMILES string of the molecule is CCOc1c(Nc2ccc(C(=O)N[C@@H](CCCCNC(=O)OC(C)(C)C)C(=O)OC(C)(C)C)cc2)c(=O)c1=O. The number of hydrogen-bond donors (Lipinski definition) is 3.